The van der Waals surface area contributed by atoms with E-state index in [0.29, 0.717) is 6.54 Å². The van der Waals surface area contributed by atoms with E-state index in [0.717, 1.165) is 17.7 Å². The number of imidazole rings is 1. The van der Waals surface area contributed by atoms with Gasteiger partial charge in [0, 0.05) is 31.7 Å². The van der Waals surface area contributed by atoms with Crippen LogP contribution in [0.4, 0.5) is 0 Å². The summed E-state index contributed by atoms with van der Waals surface area (Å²) in [5.41, 5.74) is 1.82. The number of hydrogen-bond acceptors (Lipinski definition) is 3. The van der Waals surface area contributed by atoms with Gasteiger partial charge in [0.1, 0.15) is 5.56 Å². The van der Waals surface area contributed by atoms with Crippen molar-refractivity contribution in [3.8, 4) is 0 Å². The lowest BCUT2D eigenvalue weighted by Crippen LogP contribution is -2.28. The van der Waals surface area contributed by atoms with E-state index in [1.54, 1.807) is 18.6 Å². The molecule has 6 heteroatoms. The average molecular weight is 308 g/mol. The molecule has 0 spiro atoms. The Bertz CT molecular complexity index is 853. The Hall–Kier alpha value is -3.15. The molecule has 0 radical (unpaired) electrons. The second-order valence-corrected chi connectivity index (χ2v) is 5.15. The second kappa shape index (κ2) is 6.74. The number of carbonyl (C=O) groups is 1. The Labute approximate surface area is 132 Å². The SMILES string of the molecule is O=C(NCc1cccc(Cn2ccnc2)c1)c1ccc[nH]c1=O. The number of rotatable bonds is 5. The fourth-order valence-corrected chi connectivity index (χ4v) is 2.31. The minimum Gasteiger partial charge on any atom is -0.348 e. The average Bonchev–Trinajstić information content (AvgIpc) is 3.06. The predicted octanol–water partition coefficient (Wildman–Crippen LogP) is 1.55. The van der Waals surface area contributed by atoms with E-state index >= 15 is 0 Å². The third kappa shape index (κ3) is 3.74. The van der Waals surface area contributed by atoms with Crippen molar-refractivity contribution in [1.29, 1.82) is 0 Å². The molecule has 1 amide bonds. The van der Waals surface area contributed by atoms with Crippen LogP contribution < -0.4 is 10.9 Å². The van der Waals surface area contributed by atoms with Gasteiger partial charge >= 0.3 is 0 Å². The van der Waals surface area contributed by atoms with Crippen LogP contribution in [0.3, 0.4) is 0 Å². The van der Waals surface area contributed by atoms with Crippen LogP contribution in [-0.2, 0) is 13.1 Å². The number of amides is 1. The molecule has 0 bridgehead atoms. The van der Waals surface area contributed by atoms with E-state index in [1.165, 1.54) is 12.3 Å². The molecule has 0 aliphatic heterocycles. The molecule has 0 aliphatic carbocycles. The highest BCUT2D eigenvalue weighted by Gasteiger charge is 2.09. The lowest BCUT2D eigenvalue weighted by atomic mass is 10.1. The standard InChI is InChI=1S/C17H16N4O2/c22-16-15(5-2-6-19-16)17(23)20-10-13-3-1-4-14(9-13)11-21-8-7-18-12-21/h1-9,12H,10-11H2,(H,19,22)(H,20,23). The van der Waals surface area contributed by atoms with Crippen LogP contribution in [0.2, 0.25) is 0 Å². The fraction of sp³-hybridized carbons (Fsp3) is 0.118. The third-order valence-corrected chi connectivity index (χ3v) is 3.43. The van der Waals surface area contributed by atoms with Crippen molar-refractivity contribution in [2.24, 2.45) is 0 Å². The van der Waals surface area contributed by atoms with Gasteiger partial charge in [-0.15, -0.1) is 0 Å². The maximum absolute atomic E-state index is 12.0. The van der Waals surface area contributed by atoms with Gasteiger partial charge in [0.15, 0.2) is 0 Å². The first-order chi connectivity index (χ1) is 11.2. The largest absolute Gasteiger partial charge is 0.348 e. The molecule has 3 rings (SSSR count). The minimum absolute atomic E-state index is 0.113. The third-order valence-electron chi connectivity index (χ3n) is 3.43. The first-order valence-corrected chi connectivity index (χ1v) is 7.22. The van der Waals surface area contributed by atoms with Crippen LogP contribution in [0.1, 0.15) is 21.5 Å². The lowest BCUT2D eigenvalue weighted by Gasteiger charge is -2.08. The molecule has 0 fully saturated rings. The molecule has 0 atom stereocenters. The number of aromatic nitrogens is 3. The van der Waals surface area contributed by atoms with Gasteiger partial charge in [0.2, 0.25) is 0 Å². The summed E-state index contributed by atoms with van der Waals surface area (Å²) in [4.78, 5) is 30.1. The van der Waals surface area contributed by atoms with Gasteiger partial charge in [0.25, 0.3) is 11.5 Å². The van der Waals surface area contributed by atoms with Crippen molar-refractivity contribution in [2.45, 2.75) is 13.1 Å². The van der Waals surface area contributed by atoms with Crippen molar-refractivity contribution in [3.05, 3.63) is 88.4 Å². The van der Waals surface area contributed by atoms with E-state index in [2.05, 4.69) is 15.3 Å². The second-order valence-electron chi connectivity index (χ2n) is 5.15. The molecule has 1 aromatic carbocycles. The van der Waals surface area contributed by atoms with Gasteiger partial charge in [-0.25, -0.2) is 4.98 Å². The number of nitrogens with one attached hydrogen (secondary N) is 2. The smallest absolute Gasteiger partial charge is 0.260 e. The molecule has 0 aliphatic rings. The van der Waals surface area contributed by atoms with Gasteiger partial charge in [-0.1, -0.05) is 24.3 Å². The fourth-order valence-electron chi connectivity index (χ4n) is 2.31. The first kappa shape index (κ1) is 14.8. The Morgan fingerprint density at radius 3 is 2.87 bits per heavy atom. The lowest BCUT2D eigenvalue weighted by molar-refractivity contribution is 0.0949. The number of benzene rings is 1. The van der Waals surface area contributed by atoms with Crippen molar-refractivity contribution in [1.82, 2.24) is 19.9 Å². The van der Waals surface area contributed by atoms with Crippen molar-refractivity contribution in [3.63, 3.8) is 0 Å². The number of aromatic amines is 1. The van der Waals surface area contributed by atoms with Crippen molar-refractivity contribution in [2.75, 3.05) is 0 Å². The summed E-state index contributed by atoms with van der Waals surface area (Å²) in [6.45, 7) is 1.09. The molecule has 116 valence electrons. The topological polar surface area (TPSA) is 79.8 Å². The summed E-state index contributed by atoms with van der Waals surface area (Å²) in [7, 11) is 0. The molecule has 2 N–H and O–H groups in total. The number of pyridine rings is 1. The van der Waals surface area contributed by atoms with Crippen molar-refractivity contribution >= 4 is 5.91 Å². The van der Waals surface area contributed by atoms with Gasteiger partial charge in [-0.3, -0.25) is 9.59 Å². The normalized spacial score (nSPS) is 10.4. The summed E-state index contributed by atoms with van der Waals surface area (Å²) in [6, 6.07) is 11.1. The summed E-state index contributed by atoms with van der Waals surface area (Å²) in [5.74, 6) is -0.383. The molecule has 3 aromatic rings. The van der Waals surface area contributed by atoms with Gasteiger partial charge in [-0.2, -0.15) is 0 Å². The van der Waals surface area contributed by atoms with Gasteiger partial charge < -0.3 is 14.9 Å². The Kier molecular flexibility index (Phi) is 4.33. The quantitative estimate of drug-likeness (QED) is 0.750. The highest BCUT2D eigenvalue weighted by atomic mass is 16.2. The summed E-state index contributed by atoms with van der Waals surface area (Å²) < 4.78 is 1.97. The molecular formula is C17H16N4O2. The number of H-pyrrole nitrogens is 1. The van der Waals surface area contributed by atoms with Gasteiger partial charge in [-0.05, 0) is 23.3 Å². The molecule has 23 heavy (non-hydrogen) atoms. The van der Waals surface area contributed by atoms with Crippen LogP contribution in [0.5, 0.6) is 0 Å². The monoisotopic (exact) mass is 308 g/mol. The predicted molar refractivity (Wildman–Crippen MR) is 86.0 cm³/mol. The van der Waals surface area contributed by atoms with E-state index in [-0.39, 0.29) is 17.0 Å². The summed E-state index contributed by atoms with van der Waals surface area (Å²) in [6.07, 6.45) is 6.90. The maximum atomic E-state index is 12.0. The van der Waals surface area contributed by atoms with Crippen LogP contribution >= 0.6 is 0 Å². The highest BCUT2D eigenvalue weighted by Crippen LogP contribution is 2.07. The van der Waals surface area contributed by atoms with E-state index in [4.69, 9.17) is 0 Å². The zero-order valence-corrected chi connectivity index (χ0v) is 12.4. The van der Waals surface area contributed by atoms with Gasteiger partial charge in [0.05, 0.1) is 6.33 Å². The molecule has 2 heterocycles. The minimum atomic E-state index is -0.390. The van der Waals surface area contributed by atoms with E-state index < -0.39 is 0 Å². The van der Waals surface area contributed by atoms with Crippen LogP contribution in [-0.4, -0.2) is 20.4 Å². The Balaban J connectivity index is 1.65. The maximum Gasteiger partial charge on any atom is 0.260 e. The zero-order valence-electron chi connectivity index (χ0n) is 12.4. The highest BCUT2D eigenvalue weighted by molar-refractivity contribution is 5.93. The number of nitrogens with zero attached hydrogens (tertiary/aromatic N) is 2. The molecular weight excluding hydrogens is 292 g/mol. The summed E-state index contributed by atoms with van der Waals surface area (Å²) >= 11 is 0. The molecule has 0 saturated carbocycles. The van der Waals surface area contributed by atoms with Crippen molar-refractivity contribution < 1.29 is 4.79 Å². The summed E-state index contributed by atoms with van der Waals surface area (Å²) in [5, 5.41) is 2.76. The Morgan fingerprint density at radius 2 is 2.09 bits per heavy atom. The van der Waals surface area contributed by atoms with Crippen LogP contribution in [0.25, 0.3) is 0 Å². The molecule has 0 unspecified atom stereocenters. The molecule has 6 nitrogen and oxygen atoms in total. The van der Waals surface area contributed by atoms with E-state index in [9.17, 15) is 9.59 Å². The molecule has 2 aromatic heterocycles. The Morgan fingerprint density at radius 1 is 1.22 bits per heavy atom. The van der Waals surface area contributed by atoms with Crippen LogP contribution in [0, 0.1) is 0 Å². The first-order valence-electron chi connectivity index (χ1n) is 7.22. The molecule has 0 saturated heterocycles. The number of hydrogen-bond donors (Lipinski definition) is 2. The van der Waals surface area contributed by atoms with Crippen LogP contribution in [0.15, 0.2) is 66.1 Å². The zero-order chi connectivity index (χ0) is 16.1. The van der Waals surface area contributed by atoms with E-state index in [1.807, 2.05) is 35.0 Å². The number of carbonyl (C=O) groups excluding carboxylic acids is 1.